The molecule has 0 aliphatic rings. The zero-order valence-corrected chi connectivity index (χ0v) is 8.09. The maximum atomic E-state index is 3.97. The molecule has 0 bridgehead atoms. The Morgan fingerprint density at radius 1 is 1.14 bits per heavy atom. The molecule has 0 saturated heterocycles. The fourth-order valence-electron chi connectivity index (χ4n) is 1.30. The van der Waals surface area contributed by atoms with E-state index in [1.165, 1.54) is 11.3 Å². The van der Waals surface area contributed by atoms with Crippen LogP contribution in [0.15, 0.2) is 42.9 Å². The Labute approximate surface area is 83.5 Å². The summed E-state index contributed by atoms with van der Waals surface area (Å²) in [6.07, 6.45) is 9.80. The van der Waals surface area contributed by atoms with E-state index in [2.05, 4.69) is 27.8 Å². The van der Waals surface area contributed by atoms with Gasteiger partial charge in [0.05, 0.1) is 0 Å². The Morgan fingerprint density at radius 3 is 2.57 bits per heavy atom. The van der Waals surface area contributed by atoms with Crippen molar-refractivity contribution in [1.82, 2.24) is 9.55 Å². The van der Waals surface area contributed by atoms with Crippen molar-refractivity contribution in [3.05, 3.63) is 54.1 Å². The highest BCUT2D eigenvalue weighted by atomic mass is 14.9. The zero-order chi connectivity index (χ0) is 9.80. The van der Waals surface area contributed by atoms with Crippen molar-refractivity contribution in [1.29, 1.82) is 0 Å². The SMILES string of the molecule is Cn1cccc1/C=C/c1ccncc1. The number of hydrogen-bond acceptors (Lipinski definition) is 1. The summed E-state index contributed by atoms with van der Waals surface area (Å²) in [5, 5.41) is 0. The normalized spacial score (nSPS) is 10.9. The van der Waals surface area contributed by atoms with E-state index in [1.54, 1.807) is 12.4 Å². The molecule has 0 aliphatic heterocycles. The molecule has 2 heteroatoms. The number of aryl methyl sites for hydroxylation is 1. The van der Waals surface area contributed by atoms with Gasteiger partial charge in [-0.1, -0.05) is 6.08 Å². The first-order valence-corrected chi connectivity index (χ1v) is 4.56. The minimum atomic E-state index is 1.17. The van der Waals surface area contributed by atoms with Crippen LogP contribution in [-0.2, 0) is 7.05 Å². The maximum absolute atomic E-state index is 3.97. The van der Waals surface area contributed by atoms with Crippen LogP contribution in [0.5, 0.6) is 0 Å². The van der Waals surface area contributed by atoms with Crippen molar-refractivity contribution < 1.29 is 0 Å². The van der Waals surface area contributed by atoms with Crippen molar-refractivity contribution in [3.8, 4) is 0 Å². The summed E-state index contributed by atoms with van der Waals surface area (Å²) in [5.74, 6) is 0. The second-order valence-corrected chi connectivity index (χ2v) is 3.16. The first-order valence-electron chi connectivity index (χ1n) is 4.56. The Morgan fingerprint density at radius 2 is 1.93 bits per heavy atom. The van der Waals surface area contributed by atoms with Gasteiger partial charge < -0.3 is 4.57 Å². The highest BCUT2D eigenvalue weighted by molar-refractivity contribution is 5.67. The summed E-state index contributed by atoms with van der Waals surface area (Å²) in [6, 6.07) is 8.09. The molecular weight excluding hydrogens is 172 g/mol. The molecule has 0 radical (unpaired) electrons. The van der Waals surface area contributed by atoms with E-state index in [0.29, 0.717) is 0 Å². The molecule has 0 aromatic carbocycles. The second kappa shape index (κ2) is 3.92. The molecule has 0 fully saturated rings. The quantitative estimate of drug-likeness (QED) is 0.701. The Kier molecular flexibility index (Phi) is 2.45. The Balaban J connectivity index is 2.20. The summed E-state index contributed by atoms with van der Waals surface area (Å²) >= 11 is 0. The fraction of sp³-hybridized carbons (Fsp3) is 0.0833. The van der Waals surface area contributed by atoms with Gasteiger partial charge in [0.25, 0.3) is 0 Å². The fourth-order valence-corrected chi connectivity index (χ4v) is 1.30. The van der Waals surface area contributed by atoms with Gasteiger partial charge in [-0.2, -0.15) is 0 Å². The predicted octanol–water partition coefficient (Wildman–Crippen LogP) is 2.59. The third kappa shape index (κ3) is 1.91. The lowest BCUT2D eigenvalue weighted by molar-refractivity contribution is 0.915. The van der Waals surface area contributed by atoms with Gasteiger partial charge in [-0.25, -0.2) is 0 Å². The van der Waals surface area contributed by atoms with Crippen molar-refractivity contribution in [2.24, 2.45) is 7.05 Å². The lowest BCUT2D eigenvalue weighted by atomic mass is 10.2. The Bertz CT molecular complexity index is 427. The molecule has 2 aromatic heterocycles. The molecule has 2 rings (SSSR count). The van der Waals surface area contributed by atoms with Crippen LogP contribution in [0.1, 0.15) is 11.3 Å². The monoisotopic (exact) mass is 184 g/mol. The smallest absolute Gasteiger partial charge is 0.0404 e. The molecule has 0 N–H and O–H groups in total. The third-order valence-electron chi connectivity index (χ3n) is 2.14. The average molecular weight is 184 g/mol. The average Bonchev–Trinajstić information content (AvgIpc) is 2.63. The molecule has 0 amide bonds. The van der Waals surface area contributed by atoms with Crippen LogP contribution < -0.4 is 0 Å². The molecule has 0 aliphatic carbocycles. The summed E-state index contributed by atoms with van der Waals surface area (Å²) in [6.45, 7) is 0. The van der Waals surface area contributed by atoms with Gasteiger partial charge in [0.15, 0.2) is 0 Å². The standard InChI is InChI=1S/C12H12N2/c1-14-10-2-3-12(14)5-4-11-6-8-13-9-7-11/h2-10H,1H3/b5-4+. The number of rotatable bonds is 2. The van der Waals surface area contributed by atoms with Gasteiger partial charge >= 0.3 is 0 Å². The van der Waals surface area contributed by atoms with E-state index in [0.717, 1.165) is 0 Å². The minimum Gasteiger partial charge on any atom is -0.351 e. The minimum absolute atomic E-state index is 1.17. The zero-order valence-electron chi connectivity index (χ0n) is 8.09. The second-order valence-electron chi connectivity index (χ2n) is 3.16. The molecular formula is C12H12N2. The van der Waals surface area contributed by atoms with Gasteiger partial charge in [0, 0.05) is 31.3 Å². The number of hydrogen-bond donors (Lipinski definition) is 0. The summed E-state index contributed by atoms with van der Waals surface area (Å²) in [7, 11) is 2.03. The van der Waals surface area contributed by atoms with E-state index in [1.807, 2.05) is 31.4 Å². The lowest BCUT2D eigenvalue weighted by Crippen LogP contribution is -1.86. The third-order valence-corrected chi connectivity index (χ3v) is 2.14. The van der Waals surface area contributed by atoms with E-state index < -0.39 is 0 Å². The molecule has 0 saturated carbocycles. The number of nitrogens with zero attached hydrogens (tertiary/aromatic N) is 2. The summed E-state index contributed by atoms with van der Waals surface area (Å²) < 4.78 is 2.08. The van der Waals surface area contributed by atoms with Crippen LogP contribution in [0.3, 0.4) is 0 Å². The highest BCUT2D eigenvalue weighted by Crippen LogP contribution is 2.06. The van der Waals surface area contributed by atoms with Crippen molar-refractivity contribution in [3.63, 3.8) is 0 Å². The van der Waals surface area contributed by atoms with E-state index >= 15 is 0 Å². The van der Waals surface area contributed by atoms with Crippen LogP contribution in [0.25, 0.3) is 12.2 Å². The molecule has 0 unspecified atom stereocenters. The van der Waals surface area contributed by atoms with Crippen LogP contribution >= 0.6 is 0 Å². The molecule has 14 heavy (non-hydrogen) atoms. The van der Waals surface area contributed by atoms with Gasteiger partial charge in [-0.3, -0.25) is 4.98 Å². The van der Waals surface area contributed by atoms with Gasteiger partial charge in [-0.05, 0) is 35.9 Å². The lowest BCUT2D eigenvalue weighted by Gasteiger charge is -1.95. The van der Waals surface area contributed by atoms with E-state index in [9.17, 15) is 0 Å². The van der Waals surface area contributed by atoms with Gasteiger partial charge in [0.2, 0.25) is 0 Å². The first kappa shape index (κ1) is 8.75. The van der Waals surface area contributed by atoms with Gasteiger partial charge in [0.1, 0.15) is 0 Å². The van der Waals surface area contributed by atoms with E-state index in [4.69, 9.17) is 0 Å². The Hall–Kier alpha value is -1.83. The van der Waals surface area contributed by atoms with Crippen LogP contribution in [-0.4, -0.2) is 9.55 Å². The van der Waals surface area contributed by atoms with Crippen molar-refractivity contribution in [2.75, 3.05) is 0 Å². The number of aromatic nitrogens is 2. The van der Waals surface area contributed by atoms with Crippen LogP contribution in [0.2, 0.25) is 0 Å². The molecule has 0 atom stereocenters. The maximum Gasteiger partial charge on any atom is 0.0404 e. The predicted molar refractivity (Wildman–Crippen MR) is 58.6 cm³/mol. The first-order chi connectivity index (χ1) is 6.86. The molecule has 2 heterocycles. The van der Waals surface area contributed by atoms with Gasteiger partial charge in [-0.15, -0.1) is 0 Å². The van der Waals surface area contributed by atoms with E-state index in [-0.39, 0.29) is 0 Å². The molecule has 0 spiro atoms. The molecule has 2 nitrogen and oxygen atoms in total. The largest absolute Gasteiger partial charge is 0.351 e. The molecule has 70 valence electrons. The molecule has 2 aromatic rings. The summed E-state index contributed by atoms with van der Waals surface area (Å²) in [5.41, 5.74) is 2.36. The van der Waals surface area contributed by atoms with Crippen molar-refractivity contribution >= 4 is 12.2 Å². The highest BCUT2D eigenvalue weighted by Gasteiger charge is 1.90. The van der Waals surface area contributed by atoms with Crippen LogP contribution in [0.4, 0.5) is 0 Å². The number of pyridine rings is 1. The van der Waals surface area contributed by atoms with Crippen LogP contribution in [0, 0.1) is 0 Å². The summed E-state index contributed by atoms with van der Waals surface area (Å²) in [4.78, 5) is 3.97. The van der Waals surface area contributed by atoms with Crippen molar-refractivity contribution in [2.45, 2.75) is 0 Å². The topological polar surface area (TPSA) is 17.8 Å².